The Bertz CT molecular complexity index is 1130. The summed E-state index contributed by atoms with van der Waals surface area (Å²) in [5.74, 6) is 2.67. The average Bonchev–Trinajstić information content (AvgIpc) is 2.98. The molecule has 2 N–H and O–H groups in total. The van der Waals surface area contributed by atoms with Crippen molar-refractivity contribution in [2.45, 2.75) is 83.5 Å². The SMILES string of the molecule is C[C@@H](CNC[C@H]1CC[C@@H](Nc2nc3c(c(N(C)C)n2)CCCC3)CC1)N(Cc1ccccc1)Cc1ccccc1. The van der Waals surface area contributed by atoms with Gasteiger partial charge in [0.05, 0.1) is 5.69 Å². The van der Waals surface area contributed by atoms with Gasteiger partial charge in [-0.3, -0.25) is 4.90 Å². The maximum absolute atomic E-state index is 4.95. The minimum absolute atomic E-state index is 0.450. The van der Waals surface area contributed by atoms with Gasteiger partial charge in [0.2, 0.25) is 5.95 Å². The molecule has 0 unspecified atom stereocenters. The van der Waals surface area contributed by atoms with Crippen LogP contribution in [0.1, 0.15) is 67.8 Å². The number of hydrogen-bond donors (Lipinski definition) is 2. The van der Waals surface area contributed by atoms with E-state index in [1.807, 2.05) is 0 Å². The standard InChI is InChI=1S/C34H48N6/c1-26(40(24-28-12-6-4-7-13-28)25-29-14-8-5-9-15-29)22-35-23-27-18-20-30(21-19-27)36-34-37-32-17-11-10-16-31(32)33(38-34)39(2)3/h4-9,12-15,26-27,30,35H,10-11,16-25H2,1-3H3,(H,36,37,38)/t26-,27-,30+/m0/s1. The predicted molar refractivity (Wildman–Crippen MR) is 167 cm³/mol. The molecule has 6 heteroatoms. The first-order valence-electron chi connectivity index (χ1n) is 15.4. The molecule has 0 radical (unpaired) electrons. The second-order valence-corrected chi connectivity index (χ2v) is 12.1. The van der Waals surface area contributed by atoms with Crippen LogP contribution in [0.25, 0.3) is 0 Å². The summed E-state index contributed by atoms with van der Waals surface area (Å²) in [6.45, 7) is 6.40. The van der Waals surface area contributed by atoms with Crippen molar-refractivity contribution in [3.05, 3.63) is 83.0 Å². The van der Waals surface area contributed by atoms with Crippen molar-refractivity contribution in [1.82, 2.24) is 20.2 Å². The van der Waals surface area contributed by atoms with Crippen LogP contribution in [0.2, 0.25) is 0 Å². The van der Waals surface area contributed by atoms with E-state index in [-0.39, 0.29) is 0 Å². The van der Waals surface area contributed by atoms with E-state index >= 15 is 0 Å². The molecule has 0 saturated heterocycles. The summed E-state index contributed by atoms with van der Waals surface area (Å²) in [5, 5.41) is 7.54. The number of rotatable bonds is 12. The second kappa shape index (κ2) is 14.1. The molecule has 0 spiro atoms. The Morgan fingerprint density at radius 2 is 1.45 bits per heavy atom. The van der Waals surface area contributed by atoms with Gasteiger partial charge < -0.3 is 15.5 Å². The molecule has 214 valence electrons. The lowest BCUT2D eigenvalue weighted by atomic mass is 9.86. The molecule has 1 aromatic heterocycles. The van der Waals surface area contributed by atoms with Crippen LogP contribution in [0.3, 0.4) is 0 Å². The monoisotopic (exact) mass is 540 g/mol. The number of aromatic nitrogens is 2. The molecule has 1 fully saturated rings. The summed E-state index contributed by atoms with van der Waals surface area (Å²) < 4.78 is 0. The van der Waals surface area contributed by atoms with Crippen LogP contribution in [0.5, 0.6) is 0 Å². The molecule has 1 atom stereocenters. The van der Waals surface area contributed by atoms with Crippen molar-refractivity contribution < 1.29 is 0 Å². The van der Waals surface area contributed by atoms with E-state index in [4.69, 9.17) is 9.97 Å². The summed E-state index contributed by atoms with van der Waals surface area (Å²) in [5.41, 5.74) is 5.36. The van der Waals surface area contributed by atoms with Crippen molar-refractivity contribution in [2.75, 3.05) is 37.4 Å². The van der Waals surface area contributed by atoms with Gasteiger partial charge in [0.25, 0.3) is 0 Å². The Balaban J connectivity index is 1.09. The smallest absolute Gasteiger partial charge is 0.225 e. The van der Waals surface area contributed by atoms with E-state index < -0.39 is 0 Å². The number of aryl methyl sites for hydroxylation is 1. The van der Waals surface area contributed by atoms with E-state index in [1.54, 1.807) is 0 Å². The predicted octanol–water partition coefficient (Wildman–Crippen LogP) is 6.07. The van der Waals surface area contributed by atoms with Gasteiger partial charge in [-0.2, -0.15) is 4.98 Å². The zero-order valence-electron chi connectivity index (χ0n) is 24.8. The molecule has 0 aliphatic heterocycles. The summed E-state index contributed by atoms with van der Waals surface area (Å²) in [6, 6.07) is 22.6. The van der Waals surface area contributed by atoms with Gasteiger partial charge in [-0.1, -0.05) is 60.7 Å². The molecule has 6 nitrogen and oxygen atoms in total. The minimum Gasteiger partial charge on any atom is -0.362 e. The molecule has 2 aliphatic rings. The number of hydrogen-bond acceptors (Lipinski definition) is 6. The largest absolute Gasteiger partial charge is 0.362 e. The first-order chi connectivity index (χ1) is 19.5. The van der Waals surface area contributed by atoms with Crippen molar-refractivity contribution in [2.24, 2.45) is 5.92 Å². The average molecular weight is 541 g/mol. The van der Waals surface area contributed by atoms with Gasteiger partial charge in [-0.15, -0.1) is 0 Å². The van der Waals surface area contributed by atoms with Gasteiger partial charge in [0.15, 0.2) is 0 Å². The van der Waals surface area contributed by atoms with Gasteiger partial charge >= 0.3 is 0 Å². The molecule has 40 heavy (non-hydrogen) atoms. The van der Waals surface area contributed by atoms with Crippen LogP contribution >= 0.6 is 0 Å². The number of nitrogens with zero attached hydrogens (tertiary/aromatic N) is 4. The normalized spacial score (nSPS) is 19.7. The topological polar surface area (TPSA) is 56.3 Å². The van der Waals surface area contributed by atoms with E-state index in [9.17, 15) is 0 Å². The van der Waals surface area contributed by atoms with Crippen LogP contribution in [0.4, 0.5) is 11.8 Å². The Morgan fingerprint density at radius 3 is 2.08 bits per heavy atom. The second-order valence-electron chi connectivity index (χ2n) is 12.1. The highest BCUT2D eigenvalue weighted by molar-refractivity contribution is 5.52. The first-order valence-corrected chi connectivity index (χ1v) is 15.4. The van der Waals surface area contributed by atoms with Crippen molar-refractivity contribution in [3.63, 3.8) is 0 Å². The molecule has 1 saturated carbocycles. The van der Waals surface area contributed by atoms with Gasteiger partial charge in [0.1, 0.15) is 5.82 Å². The molecule has 3 aromatic rings. The fourth-order valence-corrected chi connectivity index (χ4v) is 6.33. The van der Waals surface area contributed by atoms with Crippen molar-refractivity contribution in [3.8, 4) is 0 Å². The minimum atomic E-state index is 0.450. The highest BCUT2D eigenvalue weighted by Gasteiger charge is 2.24. The third-order valence-corrected chi connectivity index (χ3v) is 8.72. The van der Waals surface area contributed by atoms with Crippen molar-refractivity contribution >= 4 is 11.8 Å². The molecule has 5 rings (SSSR count). The Kier molecular flexibility index (Phi) is 10.1. The zero-order chi connectivity index (χ0) is 27.7. The molecule has 0 amide bonds. The van der Waals surface area contributed by atoms with E-state index in [2.05, 4.69) is 102 Å². The van der Waals surface area contributed by atoms with Crippen LogP contribution in [0, 0.1) is 5.92 Å². The summed E-state index contributed by atoms with van der Waals surface area (Å²) in [4.78, 5) is 14.6. The highest BCUT2D eigenvalue weighted by atomic mass is 15.2. The maximum atomic E-state index is 4.95. The first kappa shape index (κ1) is 28.6. The molecular formula is C34H48N6. The fourth-order valence-electron chi connectivity index (χ4n) is 6.33. The lowest BCUT2D eigenvalue weighted by Crippen LogP contribution is -2.41. The lowest BCUT2D eigenvalue weighted by molar-refractivity contribution is 0.183. The van der Waals surface area contributed by atoms with Gasteiger partial charge in [-0.05, 0) is 81.9 Å². The van der Waals surface area contributed by atoms with Crippen molar-refractivity contribution in [1.29, 1.82) is 0 Å². The van der Waals surface area contributed by atoms with E-state index in [0.717, 1.165) is 56.7 Å². The number of nitrogens with one attached hydrogen (secondary N) is 2. The molecule has 0 bridgehead atoms. The molecule has 2 aliphatic carbocycles. The van der Waals surface area contributed by atoms with E-state index in [0.29, 0.717) is 12.1 Å². The number of benzene rings is 2. The zero-order valence-corrected chi connectivity index (χ0v) is 24.8. The Hall–Kier alpha value is -2.96. The maximum Gasteiger partial charge on any atom is 0.225 e. The molecule has 2 aromatic carbocycles. The third-order valence-electron chi connectivity index (χ3n) is 8.72. The van der Waals surface area contributed by atoms with Crippen LogP contribution in [-0.2, 0) is 25.9 Å². The summed E-state index contributed by atoms with van der Waals surface area (Å²) in [7, 11) is 4.20. The summed E-state index contributed by atoms with van der Waals surface area (Å²) in [6.07, 6.45) is 9.56. The molecular weight excluding hydrogens is 492 g/mol. The number of anilines is 2. The third kappa shape index (κ3) is 7.82. The van der Waals surface area contributed by atoms with Gasteiger partial charge in [0, 0.05) is 51.4 Å². The van der Waals surface area contributed by atoms with E-state index in [1.165, 1.54) is 60.9 Å². The highest BCUT2D eigenvalue weighted by Crippen LogP contribution is 2.30. The quantitative estimate of drug-likeness (QED) is 0.291. The van der Waals surface area contributed by atoms with Crippen LogP contribution in [-0.4, -0.2) is 54.1 Å². The number of fused-ring (bicyclic) bond motifs is 1. The van der Waals surface area contributed by atoms with Gasteiger partial charge in [-0.25, -0.2) is 4.98 Å². The Labute approximate surface area is 241 Å². The molecule has 1 heterocycles. The summed E-state index contributed by atoms with van der Waals surface area (Å²) >= 11 is 0. The van der Waals surface area contributed by atoms with Crippen LogP contribution < -0.4 is 15.5 Å². The lowest BCUT2D eigenvalue weighted by Gasteiger charge is -2.32. The fraction of sp³-hybridized carbons (Fsp3) is 0.529. The Morgan fingerprint density at radius 1 is 0.825 bits per heavy atom. The van der Waals surface area contributed by atoms with Crippen LogP contribution in [0.15, 0.2) is 60.7 Å².